The lowest BCUT2D eigenvalue weighted by atomic mass is 10.2. The summed E-state index contributed by atoms with van der Waals surface area (Å²) in [6, 6.07) is 0. The van der Waals surface area contributed by atoms with Gasteiger partial charge >= 0.3 is 0 Å². The molecule has 0 saturated carbocycles. The first-order valence-electron chi connectivity index (χ1n) is 5.84. The fourth-order valence-corrected chi connectivity index (χ4v) is 1.57. The van der Waals surface area contributed by atoms with Gasteiger partial charge in [0.25, 0.3) is 0 Å². The van der Waals surface area contributed by atoms with Gasteiger partial charge in [0.05, 0.1) is 12.0 Å². The monoisotopic (exact) mass is 253 g/mol. The van der Waals surface area contributed by atoms with E-state index in [1.165, 1.54) is 0 Å². The molecule has 1 aromatic heterocycles. The normalized spacial score (nSPS) is 10.7. The Labute approximate surface area is 106 Å². The third kappa shape index (κ3) is 6.00. The lowest BCUT2D eigenvalue weighted by Crippen LogP contribution is -2.33. The number of carbonyl (C=O) groups is 2. The van der Waals surface area contributed by atoms with E-state index >= 15 is 0 Å². The van der Waals surface area contributed by atoms with E-state index < -0.39 is 0 Å². The van der Waals surface area contributed by atoms with E-state index in [9.17, 15) is 9.59 Å². The highest BCUT2D eigenvalue weighted by Crippen LogP contribution is 1.99. The molecule has 0 radical (unpaired) electrons. The predicted molar refractivity (Wildman–Crippen MR) is 66.4 cm³/mol. The number of amides is 2. The van der Waals surface area contributed by atoms with Crippen LogP contribution in [0.15, 0.2) is 12.5 Å². The molecule has 0 aliphatic heterocycles. The summed E-state index contributed by atoms with van der Waals surface area (Å²) in [5, 5.41) is 0. The largest absolute Gasteiger partial charge is 0.370 e. The summed E-state index contributed by atoms with van der Waals surface area (Å²) < 4.78 is 0. The summed E-state index contributed by atoms with van der Waals surface area (Å²) >= 11 is 0. The SMILES string of the molecule is NC(=O)CCN(CCC(N)=O)CCc1c[nH]cn1. The average molecular weight is 253 g/mol. The minimum atomic E-state index is -0.348. The zero-order valence-corrected chi connectivity index (χ0v) is 10.3. The van der Waals surface area contributed by atoms with Crippen molar-refractivity contribution in [3.63, 3.8) is 0 Å². The van der Waals surface area contributed by atoms with Crippen LogP contribution in [0.1, 0.15) is 18.5 Å². The molecule has 0 atom stereocenters. The van der Waals surface area contributed by atoms with Crippen molar-refractivity contribution in [3.05, 3.63) is 18.2 Å². The molecule has 2 amide bonds. The Kier molecular flexibility index (Phi) is 5.86. The zero-order valence-electron chi connectivity index (χ0n) is 10.3. The molecule has 0 aliphatic rings. The lowest BCUT2D eigenvalue weighted by Gasteiger charge is -2.20. The Morgan fingerprint density at radius 1 is 1.17 bits per heavy atom. The molecule has 1 aromatic rings. The third-order valence-corrected chi connectivity index (χ3v) is 2.59. The predicted octanol–water partition coefficient (Wildman–Crippen LogP) is -0.995. The van der Waals surface area contributed by atoms with Gasteiger partial charge in [-0.1, -0.05) is 0 Å². The lowest BCUT2D eigenvalue weighted by molar-refractivity contribution is -0.118. The molecular formula is C11H19N5O2. The topological polar surface area (TPSA) is 118 Å². The van der Waals surface area contributed by atoms with Crippen LogP contribution in [0.4, 0.5) is 0 Å². The van der Waals surface area contributed by atoms with Gasteiger partial charge in [0.1, 0.15) is 0 Å². The van der Waals surface area contributed by atoms with Gasteiger partial charge in [0.15, 0.2) is 0 Å². The summed E-state index contributed by atoms with van der Waals surface area (Å²) in [4.78, 5) is 30.5. The molecule has 0 aliphatic carbocycles. The van der Waals surface area contributed by atoms with Crippen LogP contribution in [0, 0.1) is 0 Å². The second-order valence-electron chi connectivity index (χ2n) is 4.08. The highest BCUT2D eigenvalue weighted by atomic mass is 16.1. The smallest absolute Gasteiger partial charge is 0.218 e. The van der Waals surface area contributed by atoms with Crippen molar-refractivity contribution in [2.75, 3.05) is 19.6 Å². The summed E-state index contributed by atoms with van der Waals surface area (Å²) in [6.45, 7) is 1.78. The number of aromatic nitrogens is 2. The first kappa shape index (κ1) is 14.2. The fraction of sp³-hybridized carbons (Fsp3) is 0.545. The number of rotatable bonds is 9. The Morgan fingerprint density at radius 3 is 2.22 bits per heavy atom. The second kappa shape index (κ2) is 7.44. The molecule has 7 nitrogen and oxygen atoms in total. The number of aromatic amines is 1. The van der Waals surface area contributed by atoms with Crippen molar-refractivity contribution in [2.24, 2.45) is 11.5 Å². The number of hydrogen-bond donors (Lipinski definition) is 3. The van der Waals surface area contributed by atoms with Gasteiger partial charge in [-0.15, -0.1) is 0 Å². The highest BCUT2D eigenvalue weighted by molar-refractivity contribution is 5.74. The average Bonchev–Trinajstić information content (AvgIpc) is 2.80. The molecular weight excluding hydrogens is 234 g/mol. The molecule has 5 N–H and O–H groups in total. The van der Waals surface area contributed by atoms with Crippen molar-refractivity contribution in [1.82, 2.24) is 14.9 Å². The molecule has 7 heteroatoms. The first-order chi connectivity index (χ1) is 8.58. The first-order valence-corrected chi connectivity index (χ1v) is 5.84. The Morgan fingerprint density at radius 2 is 1.78 bits per heavy atom. The maximum absolute atomic E-state index is 10.8. The van der Waals surface area contributed by atoms with Gasteiger partial charge in [-0.3, -0.25) is 9.59 Å². The quantitative estimate of drug-likeness (QED) is 0.523. The van der Waals surface area contributed by atoms with Crippen molar-refractivity contribution in [1.29, 1.82) is 0 Å². The number of H-pyrrole nitrogens is 1. The zero-order chi connectivity index (χ0) is 13.4. The van der Waals surface area contributed by atoms with E-state index in [0.29, 0.717) is 19.6 Å². The van der Waals surface area contributed by atoms with Crippen LogP contribution < -0.4 is 11.5 Å². The van der Waals surface area contributed by atoms with E-state index in [1.54, 1.807) is 6.33 Å². The number of nitrogens with zero attached hydrogens (tertiary/aromatic N) is 2. The maximum Gasteiger partial charge on any atom is 0.218 e. The van der Waals surface area contributed by atoms with Gasteiger partial charge < -0.3 is 21.4 Å². The van der Waals surface area contributed by atoms with Crippen molar-refractivity contribution < 1.29 is 9.59 Å². The van der Waals surface area contributed by atoms with Crippen molar-refractivity contribution in [2.45, 2.75) is 19.3 Å². The Balaban J connectivity index is 2.37. The van der Waals surface area contributed by atoms with Gasteiger partial charge in [-0.2, -0.15) is 0 Å². The number of nitrogens with two attached hydrogens (primary N) is 2. The van der Waals surface area contributed by atoms with E-state index in [1.807, 2.05) is 11.1 Å². The summed E-state index contributed by atoms with van der Waals surface area (Å²) in [5.74, 6) is -0.697. The van der Waals surface area contributed by atoms with Crippen LogP contribution in [-0.4, -0.2) is 46.3 Å². The minimum absolute atomic E-state index is 0.277. The van der Waals surface area contributed by atoms with Crippen molar-refractivity contribution >= 4 is 11.8 Å². The van der Waals surface area contributed by atoms with Gasteiger partial charge in [0.2, 0.25) is 11.8 Å². The Hall–Kier alpha value is -1.89. The maximum atomic E-state index is 10.8. The van der Waals surface area contributed by atoms with Gasteiger partial charge in [0, 0.05) is 45.1 Å². The molecule has 0 spiro atoms. The number of carbonyl (C=O) groups excluding carboxylic acids is 2. The van der Waals surface area contributed by atoms with E-state index in [0.717, 1.165) is 12.1 Å². The molecule has 0 fully saturated rings. The minimum Gasteiger partial charge on any atom is -0.370 e. The summed E-state index contributed by atoms with van der Waals surface area (Å²) in [7, 11) is 0. The molecule has 1 rings (SSSR count). The van der Waals surface area contributed by atoms with Crippen LogP contribution in [0.3, 0.4) is 0 Å². The van der Waals surface area contributed by atoms with Crippen molar-refractivity contribution in [3.8, 4) is 0 Å². The van der Waals surface area contributed by atoms with E-state index in [2.05, 4.69) is 9.97 Å². The molecule has 18 heavy (non-hydrogen) atoms. The fourth-order valence-electron chi connectivity index (χ4n) is 1.57. The van der Waals surface area contributed by atoms with Gasteiger partial charge in [-0.05, 0) is 0 Å². The number of hydrogen-bond acceptors (Lipinski definition) is 4. The second-order valence-corrected chi connectivity index (χ2v) is 4.08. The summed E-state index contributed by atoms with van der Waals surface area (Å²) in [5.41, 5.74) is 11.2. The molecule has 0 aromatic carbocycles. The third-order valence-electron chi connectivity index (χ3n) is 2.59. The van der Waals surface area contributed by atoms with Crippen LogP contribution in [0.2, 0.25) is 0 Å². The molecule has 0 saturated heterocycles. The molecule has 100 valence electrons. The number of nitrogens with one attached hydrogen (secondary N) is 1. The van der Waals surface area contributed by atoms with Crippen LogP contribution in [0.25, 0.3) is 0 Å². The van der Waals surface area contributed by atoms with Crippen LogP contribution in [-0.2, 0) is 16.0 Å². The van der Waals surface area contributed by atoms with E-state index in [-0.39, 0.29) is 24.7 Å². The van der Waals surface area contributed by atoms with Crippen LogP contribution >= 0.6 is 0 Å². The number of imidazole rings is 1. The standard InChI is InChI=1S/C11H19N5O2/c12-10(17)2-5-16(6-3-11(13)18)4-1-9-7-14-8-15-9/h7-8H,1-6H2,(H2,12,17)(H2,13,18)(H,14,15). The Bertz CT molecular complexity index is 359. The molecule has 1 heterocycles. The highest BCUT2D eigenvalue weighted by Gasteiger charge is 2.09. The number of primary amides is 2. The van der Waals surface area contributed by atoms with Gasteiger partial charge in [-0.25, -0.2) is 4.98 Å². The van der Waals surface area contributed by atoms with E-state index in [4.69, 9.17) is 11.5 Å². The molecule has 0 bridgehead atoms. The molecule has 0 unspecified atom stereocenters. The van der Waals surface area contributed by atoms with Crippen LogP contribution in [0.5, 0.6) is 0 Å². The summed E-state index contributed by atoms with van der Waals surface area (Å²) in [6.07, 6.45) is 4.74.